The smallest absolute Gasteiger partial charge is 0.0663 e. The van der Waals surface area contributed by atoms with Crippen LogP contribution in [0.3, 0.4) is 0 Å². The van der Waals surface area contributed by atoms with Crippen LogP contribution in [0.25, 0.3) is 0 Å². The third-order valence-electron chi connectivity index (χ3n) is 4.43. The Morgan fingerprint density at radius 1 is 1.15 bits per heavy atom. The first kappa shape index (κ1) is 15.5. The van der Waals surface area contributed by atoms with Crippen LogP contribution in [-0.2, 0) is 4.74 Å². The minimum atomic E-state index is -0.00607. The Labute approximate surface area is 123 Å². The molecule has 0 spiro atoms. The molecule has 1 aromatic carbocycles. The standard InChI is InChI=1S/C18H29NO/c1-13(2)15-7-9-16(10-8-15)18(19)12-20-17-6-4-5-14(3)11-17/h7-10,13-14,17-18H,4-6,11-12,19H2,1-3H3. The molecule has 0 heterocycles. The molecule has 3 atom stereocenters. The SMILES string of the molecule is CC1CCCC(OCC(N)c2ccc(C(C)C)cc2)C1. The number of nitrogens with two attached hydrogens (primary N) is 1. The van der Waals surface area contributed by atoms with Gasteiger partial charge in [0.25, 0.3) is 0 Å². The minimum Gasteiger partial charge on any atom is -0.376 e. The van der Waals surface area contributed by atoms with E-state index in [9.17, 15) is 0 Å². The monoisotopic (exact) mass is 275 g/mol. The highest BCUT2D eigenvalue weighted by atomic mass is 16.5. The van der Waals surface area contributed by atoms with Gasteiger partial charge in [0.05, 0.1) is 18.8 Å². The van der Waals surface area contributed by atoms with E-state index in [0.717, 1.165) is 5.92 Å². The van der Waals surface area contributed by atoms with Crippen molar-refractivity contribution >= 4 is 0 Å². The summed E-state index contributed by atoms with van der Waals surface area (Å²) >= 11 is 0. The maximum absolute atomic E-state index is 6.25. The van der Waals surface area contributed by atoms with Gasteiger partial charge in [-0.2, -0.15) is 0 Å². The summed E-state index contributed by atoms with van der Waals surface area (Å²) in [5, 5.41) is 0. The normalized spacial score (nSPS) is 24.9. The summed E-state index contributed by atoms with van der Waals surface area (Å²) in [6, 6.07) is 8.65. The average molecular weight is 275 g/mol. The van der Waals surface area contributed by atoms with Gasteiger partial charge in [-0.3, -0.25) is 0 Å². The molecule has 0 saturated heterocycles. The first-order chi connectivity index (χ1) is 9.56. The van der Waals surface area contributed by atoms with Crippen molar-refractivity contribution < 1.29 is 4.74 Å². The molecule has 2 heteroatoms. The van der Waals surface area contributed by atoms with Crippen molar-refractivity contribution in [2.24, 2.45) is 11.7 Å². The molecular formula is C18H29NO. The zero-order valence-corrected chi connectivity index (χ0v) is 13.1. The van der Waals surface area contributed by atoms with Crippen LogP contribution in [0.5, 0.6) is 0 Å². The van der Waals surface area contributed by atoms with Crippen molar-refractivity contribution in [3.63, 3.8) is 0 Å². The molecule has 1 fully saturated rings. The van der Waals surface area contributed by atoms with E-state index >= 15 is 0 Å². The van der Waals surface area contributed by atoms with Gasteiger partial charge >= 0.3 is 0 Å². The van der Waals surface area contributed by atoms with E-state index in [1.165, 1.54) is 36.8 Å². The Morgan fingerprint density at radius 2 is 1.80 bits per heavy atom. The lowest BCUT2D eigenvalue weighted by Crippen LogP contribution is -2.26. The maximum atomic E-state index is 6.25. The van der Waals surface area contributed by atoms with Crippen molar-refractivity contribution in [3.05, 3.63) is 35.4 Å². The predicted octanol–water partition coefficient (Wildman–Crippen LogP) is 4.41. The van der Waals surface area contributed by atoms with Crippen LogP contribution in [-0.4, -0.2) is 12.7 Å². The van der Waals surface area contributed by atoms with E-state index in [-0.39, 0.29) is 6.04 Å². The molecule has 0 radical (unpaired) electrons. The second-order valence-corrected chi connectivity index (χ2v) is 6.65. The van der Waals surface area contributed by atoms with E-state index in [1.807, 2.05) is 0 Å². The van der Waals surface area contributed by atoms with Gasteiger partial charge < -0.3 is 10.5 Å². The van der Waals surface area contributed by atoms with Crippen molar-refractivity contribution in [1.82, 2.24) is 0 Å². The van der Waals surface area contributed by atoms with Crippen LogP contribution >= 0.6 is 0 Å². The molecule has 2 rings (SSSR count). The molecule has 2 N–H and O–H groups in total. The zero-order chi connectivity index (χ0) is 14.5. The molecule has 0 aromatic heterocycles. The lowest BCUT2D eigenvalue weighted by Gasteiger charge is -2.28. The van der Waals surface area contributed by atoms with Gasteiger partial charge in [-0.15, -0.1) is 0 Å². The van der Waals surface area contributed by atoms with Crippen molar-refractivity contribution in [2.75, 3.05) is 6.61 Å². The molecular weight excluding hydrogens is 246 g/mol. The van der Waals surface area contributed by atoms with Crippen molar-refractivity contribution in [3.8, 4) is 0 Å². The molecule has 2 nitrogen and oxygen atoms in total. The molecule has 0 aliphatic heterocycles. The molecule has 1 aliphatic rings. The molecule has 0 amide bonds. The number of rotatable bonds is 5. The minimum absolute atomic E-state index is 0.00607. The second kappa shape index (κ2) is 7.24. The summed E-state index contributed by atoms with van der Waals surface area (Å²) in [4.78, 5) is 0. The summed E-state index contributed by atoms with van der Waals surface area (Å²) in [5.41, 5.74) is 8.79. The lowest BCUT2D eigenvalue weighted by atomic mass is 9.88. The summed E-state index contributed by atoms with van der Waals surface area (Å²) in [6.07, 6.45) is 5.45. The fourth-order valence-corrected chi connectivity index (χ4v) is 2.99. The molecule has 1 aromatic rings. The highest BCUT2D eigenvalue weighted by Crippen LogP contribution is 2.26. The van der Waals surface area contributed by atoms with Gasteiger partial charge in [0.15, 0.2) is 0 Å². The highest BCUT2D eigenvalue weighted by molar-refractivity contribution is 5.26. The number of benzene rings is 1. The summed E-state index contributed by atoms with van der Waals surface area (Å²) in [5.74, 6) is 1.37. The molecule has 112 valence electrons. The van der Waals surface area contributed by atoms with Crippen LogP contribution in [0, 0.1) is 5.92 Å². The van der Waals surface area contributed by atoms with E-state index in [0.29, 0.717) is 18.6 Å². The Bertz CT molecular complexity index is 398. The lowest BCUT2D eigenvalue weighted by molar-refractivity contribution is 0.00851. The summed E-state index contributed by atoms with van der Waals surface area (Å²) in [6.45, 7) is 7.38. The first-order valence-corrected chi connectivity index (χ1v) is 8.03. The highest BCUT2D eigenvalue weighted by Gasteiger charge is 2.20. The zero-order valence-electron chi connectivity index (χ0n) is 13.1. The average Bonchev–Trinajstić information content (AvgIpc) is 2.45. The quantitative estimate of drug-likeness (QED) is 0.864. The van der Waals surface area contributed by atoms with Crippen molar-refractivity contribution in [2.45, 2.75) is 64.5 Å². The van der Waals surface area contributed by atoms with E-state index in [2.05, 4.69) is 45.0 Å². The Balaban J connectivity index is 1.83. The summed E-state index contributed by atoms with van der Waals surface area (Å²) in [7, 11) is 0. The van der Waals surface area contributed by atoms with Gasteiger partial charge in [-0.05, 0) is 35.8 Å². The van der Waals surface area contributed by atoms with Gasteiger partial charge in [-0.1, -0.05) is 57.9 Å². The Kier molecular flexibility index (Phi) is 5.62. The second-order valence-electron chi connectivity index (χ2n) is 6.65. The Hall–Kier alpha value is -0.860. The van der Waals surface area contributed by atoms with Crippen LogP contribution in [0.2, 0.25) is 0 Å². The largest absolute Gasteiger partial charge is 0.376 e. The van der Waals surface area contributed by atoms with Crippen LogP contribution in [0.4, 0.5) is 0 Å². The topological polar surface area (TPSA) is 35.2 Å². The first-order valence-electron chi connectivity index (χ1n) is 8.03. The third-order valence-corrected chi connectivity index (χ3v) is 4.43. The van der Waals surface area contributed by atoms with Crippen LogP contribution in [0.15, 0.2) is 24.3 Å². The summed E-state index contributed by atoms with van der Waals surface area (Å²) < 4.78 is 6.02. The molecule has 3 unspecified atom stereocenters. The fraction of sp³-hybridized carbons (Fsp3) is 0.667. The van der Waals surface area contributed by atoms with Crippen LogP contribution in [0.1, 0.15) is 69.5 Å². The van der Waals surface area contributed by atoms with Gasteiger partial charge in [0.1, 0.15) is 0 Å². The van der Waals surface area contributed by atoms with Gasteiger partial charge in [-0.25, -0.2) is 0 Å². The van der Waals surface area contributed by atoms with E-state index < -0.39 is 0 Å². The molecule has 20 heavy (non-hydrogen) atoms. The van der Waals surface area contributed by atoms with Crippen molar-refractivity contribution in [1.29, 1.82) is 0 Å². The number of hydrogen-bond acceptors (Lipinski definition) is 2. The maximum Gasteiger partial charge on any atom is 0.0663 e. The van der Waals surface area contributed by atoms with Gasteiger partial charge in [0, 0.05) is 0 Å². The molecule has 0 bridgehead atoms. The van der Waals surface area contributed by atoms with E-state index in [4.69, 9.17) is 10.5 Å². The number of hydrogen-bond donors (Lipinski definition) is 1. The molecule has 1 saturated carbocycles. The van der Waals surface area contributed by atoms with E-state index in [1.54, 1.807) is 0 Å². The Morgan fingerprint density at radius 3 is 2.40 bits per heavy atom. The molecule has 1 aliphatic carbocycles. The van der Waals surface area contributed by atoms with Gasteiger partial charge in [0.2, 0.25) is 0 Å². The number of ether oxygens (including phenoxy) is 1. The van der Waals surface area contributed by atoms with Crippen LogP contribution < -0.4 is 5.73 Å². The predicted molar refractivity (Wildman–Crippen MR) is 84.8 cm³/mol. The fourth-order valence-electron chi connectivity index (χ4n) is 2.99. The third kappa shape index (κ3) is 4.32.